The standard InChI is InChI=1S/C11H12Br2N4O2S/c1-17-8(2-3-15-17)6-16-20(18,19)11-9(13)4-7(12)5-10(11)14/h2-5,16H,6,14H2,1H3. The molecule has 0 unspecified atom stereocenters. The van der Waals surface area contributed by atoms with Crippen LogP contribution in [0.25, 0.3) is 0 Å². The number of sulfonamides is 1. The van der Waals surface area contributed by atoms with E-state index in [-0.39, 0.29) is 17.1 Å². The molecule has 1 aromatic heterocycles. The highest BCUT2D eigenvalue weighted by Crippen LogP contribution is 2.31. The van der Waals surface area contributed by atoms with Gasteiger partial charge in [-0.1, -0.05) is 15.9 Å². The topological polar surface area (TPSA) is 90.0 Å². The fourth-order valence-electron chi connectivity index (χ4n) is 1.68. The second-order valence-electron chi connectivity index (χ2n) is 4.08. The fourth-order valence-corrected chi connectivity index (χ4v) is 4.74. The summed E-state index contributed by atoms with van der Waals surface area (Å²) in [5.74, 6) is 0. The minimum Gasteiger partial charge on any atom is -0.398 e. The summed E-state index contributed by atoms with van der Waals surface area (Å²) in [5.41, 5.74) is 6.71. The maximum atomic E-state index is 12.3. The quantitative estimate of drug-likeness (QED) is 0.736. The van der Waals surface area contributed by atoms with Crippen molar-refractivity contribution in [2.24, 2.45) is 7.05 Å². The Morgan fingerprint density at radius 2 is 2.10 bits per heavy atom. The number of hydrogen-bond donors (Lipinski definition) is 2. The molecule has 9 heteroatoms. The number of nitrogens with two attached hydrogens (primary N) is 1. The summed E-state index contributed by atoms with van der Waals surface area (Å²) in [6.45, 7) is 0.140. The molecule has 1 aromatic carbocycles. The molecule has 0 bridgehead atoms. The number of nitrogen functional groups attached to an aromatic ring is 1. The third kappa shape index (κ3) is 3.22. The van der Waals surface area contributed by atoms with E-state index >= 15 is 0 Å². The first kappa shape index (κ1) is 15.5. The van der Waals surface area contributed by atoms with Gasteiger partial charge in [-0.25, -0.2) is 13.1 Å². The van der Waals surface area contributed by atoms with Crippen LogP contribution in [0, 0.1) is 0 Å². The van der Waals surface area contributed by atoms with Crippen LogP contribution in [-0.4, -0.2) is 18.2 Å². The van der Waals surface area contributed by atoms with Gasteiger partial charge in [0.15, 0.2) is 0 Å². The lowest BCUT2D eigenvalue weighted by atomic mass is 10.3. The first-order valence-electron chi connectivity index (χ1n) is 5.52. The Hall–Kier alpha value is -0.900. The van der Waals surface area contributed by atoms with E-state index in [4.69, 9.17) is 5.73 Å². The number of aromatic nitrogens is 2. The molecule has 0 amide bonds. The minimum absolute atomic E-state index is 0.0304. The van der Waals surface area contributed by atoms with E-state index < -0.39 is 10.0 Å². The van der Waals surface area contributed by atoms with E-state index in [2.05, 4.69) is 41.7 Å². The second-order valence-corrected chi connectivity index (χ2v) is 7.55. The summed E-state index contributed by atoms with van der Waals surface area (Å²) in [7, 11) is -1.97. The SMILES string of the molecule is Cn1nccc1CNS(=O)(=O)c1c(N)cc(Br)cc1Br. The van der Waals surface area contributed by atoms with Crippen LogP contribution in [-0.2, 0) is 23.6 Å². The van der Waals surface area contributed by atoms with Crippen molar-refractivity contribution in [2.45, 2.75) is 11.4 Å². The van der Waals surface area contributed by atoms with Gasteiger partial charge in [0.1, 0.15) is 4.90 Å². The molecule has 0 radical (unpaired) electrons. The summed E-state index contributed by atoms with van der Waals surface area (Å²) >= 11 is 6.48. The number of nitrogens with one attached hydrogen (secondary N) is 1. The van der Waals surface area contributed by atoms with Crippen LogP contribution in [0.4, 0.5) is 5.69 Å². The normalized spacial score (nSPS) is 11.8. The molecule has 6 nitrogen and oxygen atoms in total. The third-order valence-corrected chi connectivity index (χ3v) is 5.53. The van der Waals surface area contributed by atoms with Crippen LogP contribution in [0.15, 0.2) is 38.2 Å². The number of aryl methyl sites for hydroxylation is 1. The Balaban J connectivity index is 2.30. The molecule has 0 aliphatic heterocycles. The maximum absolute atomic E-state index is 12.3. The van der Waals surface area contributed by atoms with Crippen LogP contribution < -0.4 is 10.5 Å². The zero-order valence-electron chi connectivity index (χ0n) is 10.5. The van der Waals surface area contributed by atoms with Crippen molar-refractivity contribution in [3.8, 4) is 0 Å². The van der Waals surface area contributed by atoms with Gasteiger partial charge in [0.25, 0.3) is 0 Å². The number of hydrogen-bond acceptors (Lipinski definition) is 4. The van der Waals surface area contributed by atoms with E-state index in [1.165, 1.54) is 0 Å². The van der Waals surface area contributed by atoms with Crippen molar-refractivity contribution < 1.29 is 8.42 Å². The molecular formula is C11H12Br2N4O2S. The van der Waals surface area contributed by atoms with Crippen molar-refractivity contribution in [3.63, 3.8) is 0 Å². The Morgan fingerprint density at radius 3 is 2.65 bits per heavy atom. The molecule has 1 heterocycles. The van der Waals surface area contributed by atoms with Crippen LogP contribution in [0.1, 0.15) is 5.69 Å². The summed E-state index contributed by atoms with van der Waals surface area (Å²) in [6.07, 6.45) is 1.60. The van der Waals surface area contributed by atoms with Gasteiger partial charge in [-0.05, 0) is 34.1 Å². The largest absolute Gasteiger partial charge is 0.398 e. The smallest absolute Gasteiger partial charge is 0.244 e. The monoisotopic (exact) mass is 422 g/mol. The molecule has 2 rings (SSSR count). The molecule has 0 saturated carbocycles. The molecular weight excluding hydrogens is 412 g/mol. The highest BCUT2D eigenvalue weighted by molar-refractivity contribution is 9.11. The van der Waals surface area contributed by atoms with Crippen LogP contribution >= 0.6 is 31.9 Å². The summed E-state index contributed by atoms with van der Waals surface area (Å²) in [5, 5.41) is 3.98. The van der Waals surface area contributed by atoms with Crippen molar-refractivity contribution in [3.05, 3.63) is 39.0 Å². The summed E-state index contributed by atoms with van der Waals surface area (Å²) in [4.78, 5) is 0.0304. The van der Waals surface area contributed by atoms with Crippen molar-refractivity contribution >= 4 is 47.6 Å². The number of anilines is 1. The first-order valence-corrected chi connectivity index (χ1v) is 8.59. The van der Waals surface area contributed by atoms with E-state index in [1.807, 2.05) is 0 Å². The highest BCUT2D eigenvalue weighted by Gasteiger charge is 2.21. The molecule has 0 spiro atoms. The predicted molar refractivity (Wildman–Crippen MR) is 83.5 cm³/mol. The van der Waals surface area contributed by atoms with Crippen molar-refractivity contribution in [1.29, 1.82) is 0 Å². The molecule has 0 fully saturated rings. The van der Waals surface area contributed by atoms with Crippen molar-refractivity contribution in [1.82, 2.24) is 14.5 Å². The number of rotatable bonds is 4. The first-order chi connectivity index (χ1) is 9.31. The lowest BCUT2D eigenvalue weighted by Crippen LogP contribution is -2.25. The van der Waals surface area contributed by atoms with E-state index in [9.17, 15) is 8.42 Å². The zero-order valence-corrected chi connectivity index (χ0v) is 14.5. The average Bonchev–Trinajstić information content (AvgIpc) is 2.70. The highest BCUT2D eigenvalue weighted by atomic mass is 79.9. The second kappa shape index (κ2) is 5.84. The predicted octanol–water partition coefficient (Wildman–Crippen LogP) is 2.01. The molecule has 0 aliphatic carbocycles. The van der Waals surface area contributed by atoms with Gasteiger partial charge in [-0.15, -0.1) is 0 Å². The van der Waals surface area contributed by atoms with Crippen LogP contribution in [0.2, 0.25) is 0 Å². The Morgan fingerprint density at radius 1 is 1.40 bits per heavy atom. The van der Waals surface area contributed by atoms with Gasteiger partial charge < -0.3 is 5.73 Å². The van der Waals surface area contributed by atoms with Gasteiger partial charge in [0.2, 0.25) is 10.0 Å². The Bertz CT molecular complexity index is 720. The van der Waals surface area contributed by atoms with E-state index in [1.54, 1.807) is 36.1 Å². The average molecular weight is 424 g/mol. The molecule has 108 valence electrons. The zero-order chi connectivity index (χ0) is 14.9. The molecule has 0 saturated heterocycles. The Labute approximate surface area is 133 Å². The number of halogens is 2. The molecule has 20 heavy (non-hydrogen) atoms. The lowest BCUT2D eigenvalue weighted by molar-refractivity contribution is 0.577. The molecule has 0 aliphatic rings. The summed E-state index contributed by atoms with van der Waals surface area (Å²) in [6, 6.07) is 4.92. The fraction of sp³-hybridized carbons (Fsp3) is 0.182. The molecule has 0 atom stereocenters. The van der Waals surface area contributed by atoms with Crippen molar-refractivity contribution in [2.75, 3.05) is 5.73 Å². The van der Waals surface area contributed by atoms with Gasteiger partial charge >= 0.3 is 0 Å². The number of nitrogens with zero attached hydrogens (tertiary/aromatic N) is 2. The Kier molecular flexibility index (Phi) is 4.52. The van der Waals surface area contributed by atoms with Crippen LogP contribution in [0.3, 0.4) is 0 Å². The van der Waals surface area contributed by atoms with Gasteiger partial charge in [-0.3, -0.25) is 4.68 Å². The van der Waals surface area contributed by atoms with E-state index in [0.717, 1.165) is 5.69 Å². The maximum Gasteiger partial charge on any atom is 0.244 e. The minimum atomic E-state index is -3.72. The lowest BCUT2D eigenvalue weighted by Gasteiger charge is -2.11. The van der Waals surface area contributed by atoms with Gasteiger partial charge in [-0.2, -0.15) is 5.10 Å². The van der Waals surface area contributed by atoms with Gasteiger partial charge in [0.05, 0.1) is 17.9 Å². The number of benzene rings is 1. The van der Waals surface area contributed by atoms with Gasteiger partial charge in [0, 0.05) is 22.2 Å². The summed E-state index contributed by atoms with van der Waals surface area (Å²) < 4.78 is 29.9. The molecule has 3 N–H and O–H groups in total. The van der Waals surface area contributed by atoms with Crippen LogP contribution in [0.5, 0.6) is 0 Å². The molecule has 2 aromatic rings. The third-order valence-electron chi connectivity index (χ3n) is 2.67. The van der Waals surface area contributed by atoms with E-state index in [0.29, 0.717) is 8.95 Å².